The highest BCUT2D eigenvalue weighted by atomic mass is 16.1. The van der Waals surface area contributed by atoms with Gasteiger partial charge in [0.15, 0.2) is 0 Å². The van der Waals surface area contributed by atoms with Gasteiger partial charge in [0.1, 0.15) is 6.42 Å². The van der Waals surface area contributed by atoms with Crippen LogP contribution in [0.15, 0.2) is 0 Å². The second-order valence-electron chi connectivity index (χ2n) is 4.45. The Morgan fingerprint density at radius 2 is 2.36 bits per heavy atom. The molecule has 1 amide bonds. The van der Waals surface area contributed by atoms with Crippen LogP contribution in [0.1, 0.15) is 46.0 Å². The Bertz CT molecular complexity index is 257. The van der Waals surface area contributed by atoms with Crippen molar-refractivity contribution in [1.29, 1.82) is 5.26 Å². The molecule has 0 aromatic carbocycles. The number of nitriles is 1. The van der Waals surface area contributed by atoms with Gasteiger partial charge in [-0.2, -0.15) is 5.26 Å². The second kappa shape index (κ2) is 4.45. The lowest BCUT2D eigenvalue weighted by molar-refractivity contribution is -0.122. The van der Waals surface area contributed by atoms with Crippen LogP contribution >= 0.6 is 0 Å². The van der Waals surface area contributed by atoms with Crippen molar-refractivity contribution in [3.8, 4) is 6.07 Å². The molecule has 2 atom stereocenters. The third-order valence-corrected chi connectivity index (χ3v) is 3.34. The summed E-state index contributed by atoms with van der Waals surface area (Å²) in [5.74, 6) is 0.377. The van der Waals surface area contributed by atoms with E-state index < -0.39 is 0 Å². The standard InChI is InChI=1S/C11H18N2O/c1-9-5-3-4-7-11(9,2)13-10(14)6-8-12/h9H,3-7H2,1-2H3,(H,13,14)/t9-,11-/m1/s1. The number of nitrogens with zero attached hydrogens (tertiary/aromatic N) is 1. The van der Waals surface area contributed by atoms with Gasteiger partial charge >= 0.3 is 0 Å². The van der Waals surface area contributed by atoms with Crippen LogP contribution in [0.4, 0.5) is 0 Å². The quantitative estimate of drug-likeness (QED) is 0.730. The van der Waals surface area contributed by atoms with Crippen LogP contribution in [0.5, 0.6) is 0 Å². The van der Waals surface area contributed by atoms with E-state index in [0.29, 0.717) is 5.92 Å². The summed E-state index contributed by atoms with van der Waals surface area (Å²) < 4.78 is 0. The van der Waals surface area contributed by atoms with Gasteiger partial charge in [-0.3, -0.25) is 4.79 Å². The average Bonchev–Trinajstić information content (AvgIpc) is 2.10. The minimum Gasteiger partial charge on any atom is -0.350 e. The molecule has 3 nitrogen and oxygen atoms in total. The van der Waals surface area contributed by atoms with E-state index in [1.807, 2.05) is 6.07 Å². The molecule has 1 aliphatic rings. The number of hydrogen-bond donors (Lipinski definition) is 1. The van der Waals surface area contributed by atoms with Gasteiger partial charge in [0.05, 0.1) is 6.07 Å². The molecule has 78 valence electrons. The van der Waals surface area contributed by atoms with E-state index in [1.165, 1.54) is 19.3 Å². The molecule has 1 fully saturated rings. The smallest absolute Gasteiger partial charge is 0.234 e. The highest BCUT2D eigenvalue weighted by molar-refractivity contribution is 5.78. The van der Waals surface area contributed by atoms with Crippen LogP contribution in [0.3, 0.4) is 0 Å². The minimum atomic E-state index is -0.135. The molecule has 1 rings (SSSR count). The summed E-state index contributed by atoms with van der Waals surface area (Å²) in [5.41, 5.74) is -0.0911. The molecule has 1 N–H and O–H groups in total. The minimum absolute atomic E-state index is 0.0255. The molecule has 0 aliphatic heterocycles. The van der Waals surface area contributed by atoms with E-state index in [-0.39, 0.29) is 17.9 Å². The van der Waals surface area contributed by atoms with Crippen LogP contribution in [0.25, 0.3) is 0 Å². The van der Waals surface area contributed by atoms with Crippen LogP contribution < -0.4 is 5.32 Å². The maximum absolute atomic E-state index is 11.3. The molecule has 3 heteroatoms. The fourth-order valence-corrected chi connectivity index (χ4v) is 2.13. The van der Waals surface area contributed by atoms with Crippen LogP contribution in [-0.2, 0) is 4.79 Å². The van der Waals surface area contributed by atoms with E-state index in [2.05, 4.69) is 19.2 Å². The molecule has 0 aromatic rings. The SMILES string of the molecule is C[C@@H]1CCCC[C@@]1(C)NC(=O)CC#N. The number of nitrogens with one attached hydrogen (secondary N) is 1. The second-order valence-corrected chi connectivity index (χ2v) is 4.45. The number of carbonyl (C=O) groups is 1. The fraction of sp³-hybridized carbons (Fsp3) is 0.818. The van der Waals surface area contributed by atoms with Crippen LogP contribution in [-0.4, -0.2) is 11.4 Å². The van der Waals surface area contributed by atoms with Gasteiger partial charge in [0, 0.05) is 5.54 Å². The Hall–Kier alpha value is -1.04. The monoisotopic (exact) mass is 194 g/mol. The van der Waals surface area contributed by atoms with Crippen molar-refractivity contribution >= 4 is 5.91 Å². The molecule has 1 saturated carbocycles. The van der Waals surface area contributed by atoms with Crippen LogP contribution in [0, 0.1) is 17.2 Å². The van der Waals surface area contributed by atoms with Gasteiger partial charge in [-0.1, -0.05) is 19.8 Å². The summed E-state index contributed by atoms with van der Waals surface area (Å²) in [4.78, 5) is 11.3. The van der Waals surface area contributed by atoms with E-state index in [0.717, 1.165) is 6.42 Å². The van der Waals surface area contributed by atoms with Gasteiger partial charge in [-0.05, 0) is 25.7 Å². The molecule has 1 aliphatic carbocycles. The van der Waals surface area contributed by atoms with E-state index in [9.17, 15) is 4.79 Å². The van der Waals surface area contributed by atoms with Crippen molar-refractivity contribution in [3.63, 3.8) is 0 Å². The van der Waals surface area contributed by atoms with Crippen molar-refractivity contribution < 1.29 is 4.79 Å². The van der Waals surface area contributed by atoms with E-state index >= 15 is 0 Å². The lowest BCUT2D eigenvalue weighted by atomic mass is 9.75. The largest absolute Gasteiger partial charge is 0.350 e. The molecular formula is C11H18N2O. The van der Waals surface area contributed by atoms with Crippen molar-refractivity contribution in [1.82, 2.24) is 5.32 Å². The Morgan fingerprint density at radius 1 is 1.64 bits per heavy atom. The van der Waals surface area contributed by atoms with E-state index in [1.54, 1.807) is 0 Å². The summed E-state index contributed by atoms with van der Waals surface area (Å²) in [6.45, 7) is 4.26. The Labute approximate surface area is 85.5 Å². The first-order valence-corrected chi connectivity index (χ1v) is 5.26. The fourth-order valence-electron chi connectivity index (χ4n) is 2.13. The summed E-state index contributed by atoms with van der Waals surface area (Å²) >= 11 is 0. The molecule has 0 saturated heterocycles. The topological polar surface area (TPSA) is 52.9 Å². The summed E-state index contributed by atoms with van der Waals surface area (Å²) in [6.07, 6.45) is 4.61. The molecule has 14 heavy (non-hydrogen) atoms. The maximum Gasteiger partial charge on any atom is 0.234 e. The molecule has 0 radical (unpaired) electrons. The normalized spacial score (nSPS) is 31.9. The summed E-state index contributed by atoms with van der Waals surface area (Å²) in [7, 11) is 0. The highest BCUT2D eigenvalue weighted by Crippen LogP contribution is 2.33. The van der Waals surface area contributed by atoms with E-state index in [4.69, 9.17) is 5.26 Å². The number of hydrogen-bond acceptors (Lipinski definition) is 2. The molecule has 0 aromatic heterocycles. The summed E-state index contributed by atoms with van der Waals surface area (Å²) in [5, 5.41) is 11.4. The number of amides is 1. The first kappa shape index (κ1) is 11.0. The van der Waals surface area contributed by atoms with Crippen LogP contribution in [0.2, 0.25) is 0 Å². The van der Waals surface area contributed by atoms with Gasteiger partial charge < -0.3 is 5.32 Å². The third kappa shape index (κ3) is 2.47. The molecule has 0 spiro atoms. The lowest BCUT2D eigenvalue weighted by Gasteiger charge is -2.40. The number of carbonyl (C=O) groups excluding carboxylic acids is 1. The van der Waals surface area contributed by atoms with Crippen molar-refractivity contribution in [3.05, 3.63) is 0 Å². The first-order valence-electron chi connectivity index (χ1n) is 5.26. The zero-order valence-corrected chi connectivity index (χ0v) is 8.97. The van der Waals surface area contributed by atoms with Crippen molar-refractivity contribution in [2.75, 3.05) is 0 Å². The third-order valence-electron chi connectivity index (χ3n) is 3.34. The van der Waals surface area contributed by atoms with Gasteiger partial charge in [0.2, 0.25) is 5.91 Å². The lowest BCUT2D eigenvalue weighted by Crippen LogP contribution is -2.52. The van der Waals surface area contributed by atoms with Gasteiger partial charge in [-0.25, -0.2) is 0 Å². The van der Waals surface area contributed by atoms with Gasteiger partial charge in [0.25, 0.3) is 0 Å². The average molecular weight is 194 g/mol. The molecule has 0 unspecified atom stereocenters. The summed E-state index contributed by atoms with van der Waals surface area (Å²) in [6, 6.07) is 1.88. The highest BCUT2D eigenvalue weighted by Gasteiger charge is 2.34. The Balaban J connectivity index is 2.55. The molecule has 0 bridgehead atoms. The Kier molecular flexibility index (Phi) is 3.51. The first-order chi connectivity index (χ1) is 6.58. The molecular weight excluding hydrogens is 176 g/mol. The maximum atomic E-state index is 11.3. The predicted octanol–water partition coefficient (Wildman–Crippen LogP) is 1.99. The predicted molar refractivity (Wildman–Crippen MR) is 54.4 cm³/mol. The Morgan fingerprint density at radius 3 is 2.93 bits per heavy atom. The zero-order chi connectivity index (χ0) is 10.6. The van der Waals surface area contributed by atoms with Gasteiger partial charge in [-0.15, -0.1) is 0 Å². The van der Waals surface area contributed by atoms with Crippen molar-refractivity contribution in [2.24, 2.45) is 5.92 Å². The zero-order valence-electron chi connectivity index (χ0n) is 8.97. The molecule has 0 heterocycles. The van der Waals surface area contributed by atoms with Crippen molar-refractivity contribution in [2.45, 2.75) is 51.5 Å². The number of rotatable bonds is 2.